The minimum absolute atomic E-state index is 0.195. The molecular formula is C25H26ClF3N4O4S. The molecule has 38 heavy (non-hydrogen) atoms. The van der Waals surface area contributed by atoms with Crippen LogP contribution in [-0.2, 0) is 22.4 Å². The summed E-state index contributed by atoms with van der Waals surface area (Å²) in [6.07, 6.45) is -3.14. The first-order chi connectivity index (χ1) is 18.0. The molecule has 2 aromatic carbocycles. The molecule has 204 valence electrons. The second kappa shape index (κ2) is 11.2. The number of rotatable bonds is 6. The summed E-state index contributed by atoms with van der Waals surface area (Å²) in [7, 11) is 3.09. The van der Waals surface area contributed by atoms with Crippen molar-refractivity contribution in [3.8, 4) is 11.5 Å². The fourth-order valence-corrected chi connectivity index (χ4v) is 4.85. The maximum Gasteiger partial charge on any atom is 0.417 e. The summed E-state index contributed by atoms with van der Waals surface area (Å²) in [4.78, 5) is 20.3. The van der Waals surface area contributed by atoms with E-state index in [1.54, 1.807) is 26.4 Å². The molecule has 2 aromatic rings. The zero-order chi connectivity index (χ0) is 27.5. The van der Waals surface area contributed by atoms with Gasteiger partial charge in [0.05, 0.1) is 24.8 Å². The Labute approximate surface area is 228 Å². The predicted molar refractivity (Wildman–Crippen MR) is 141 cm³/mol. The first-order valence-electron chi connectivity index (χ1n) is 11.7. The number of piperidine rings is 1. The van der Waals surface area contributed by atoms with Crippen LogP contribution in [-0.4, -0.2) is 54.5 Å². The molecular weight excluding hydrogens is 545 g/mol. The van der Waals surface area contributed by atoms with Crippen molar-refractivity contribution in [3.63, 3.8) is 0 Å². The number of hydrogen-bond acceptors (Lipinski definition) is 6. The van der Waals surface area contributed by atoms with Crippen LogP contribution in [0.3, 0.4) is 0 Å². The first kappa shape index (κ1) is 27.8. The van der Waals surface area contributed by atoms with Gasteiger partial charge in [0.2, 0.25) is 0 Å². The summed E-state index contributed by atoms with van der Waals surface area (Å²) in [5.74, 6) is 0.841. The van der Waals surface area contributed by atoms with Gasteiger partial charge in [-0.2, -0.15) is 13.2 Å². The van der Waals surface area contributed by atoms with E-state index in [9.17, 15) is 18.0 Å². The topological polar surface area (TPSA) is 84.4 Å². The molecule has 0 aliphatic carbocycles. The number of hydrogen-bond donors (Lipinski definition) is 2. The molecule has 2 aliphatic rings. The van der Waals surface area contributed by atoms with Crippen molar-refractivity contribution < 1.29 is 32.3 Å². The summed E-state index contributed by atoms with van der Waals surface area (Å²) >= 11 is 11.1. The average Bonchev–Trinajstić information content (AvgIpc) is 3.31. The van der Waals surface area contributed by atoms with E-state index in [-0.39, 0.29) is 23.2 Å². The Hall–Kier alpha value is -3.25. The van der Waals surface area contributed by atoms with Crippen molar-refractivity contribution in [1.82, 2.24) is 10.2 Å². The molecule has 1 spiro atoms. The van der Waals surface area contributed by atoms with Crippen molar-refractivity contribution in [2.45, 2.75) is 37.6 Å². The number of oxime groups is 1. The number of likely N-dealkylation sites (tertiary alicyclic amines) is 1. The highest BCUT2D eigenvalue weighted by Gasteiger charge is 2.44. The van der Waals surface area contributed by atoms with E-state index in [1.807, 2.05) is 11.0 Å². The summed E-state index contributed by atoms with van der Waals surface area (Å²) in [5, 5.41) is 9.65. The largest absolute Gasteiger partial charge is 0.493 e. The van der Waals surface area contributed by atoms with Gasteiger partial charge in [-0.15, -0.1) is 0 Å². The lowest BCUT2D eigenvalue weighted by molar-refractivity contribution is -0.137. The standard InChI is InChI=1S/C25H26ClF3N4O4S/c1-35-20-6-3-15(11-21(20)36-2)14-30-22(34)19-13-24(37-32-19)7-9-33(10-8-24)23(38)31-16-4-5-18(26)17(12-16)25(27,28)29/h3-6,11-12H,7-10,13-14H2,1-2H3,(H,30,34)(H,31,38). The molecule has 0 radical (unpaired) electrons. The van der Waals surface area contributed by atoms with Crippen molar-refractivity contribution in [3.05, 3.63) is 52.5 Å². The van der Waals surface area contributed by atoms with E-state index >= 15 is 0 Å². The number of carbonyl (C=O) groups excluding carboxylic acids is 1. The van der Waals surface area contributed by atoms with Gasteiger partial charge in [-0.25, -0.2) is 0 Å². The van der Waals surface area contributed by atoms with Crippen LogP contribution in [0, 0.1) is 0 Å². The van der Waals surface area contributed by atoms with Gasteiger partial charge >= 0.3 is 6.18 Å². The van der Waals surface area contributed by atoms with Crippen molar-refractivity contribution in [2.75, 3.05) is 32.6 Å². The van der Waals surface area contributed by atoms with Crippen LogP contribution in [0.4, 0.5) is 18.9 Å². The third kappa shape index (κ3) is 6.24. The maximum absolute atomic E-state index is 13.2. The SMILES string of the molecule is COc1ccc(CNC(=O)C2=NOC3(CCN(C(=S)Nc4ccc(Cl)c(C(F)(F)F)c4)CC3)C2)cc1OC. The number of benzene rings is 2. The molecule has 13 heteroatoms. The fraction of sp³-hybridized carbons (Fsp3) is 0.400. The number of halogens is 4. The second-order valence-corrected chi connectivity index (χ2v) is 9.76. The normalized spacial score (nSPS) is 16.5. The van der Waals surface area contributed by atoms with Crippen molar-refractivity contribution in [1.29, 1.82) is 0 Å². The lowest BCUT2D eigenvalue weighted by Gasteiger charge is -2.38. The molecule has 0 atom stereocenters. The average molecular weight is 571 g/mol. The number of anilines is 1. The second-order valence-electron chi connectivity index (χ2n) is 8.97. The number of nitrogens with zero attached hydrogens (tertiary/aromatic N) is 2. The van der Waals surface area contributed by atoms with E-state index in [0.717, 1.165) is 11.6 Å². The highest BCUT2D eigenvalue weighted by atomic mass is 35.5. The number of alkyl halides is 3. The summed E-state index contributed by atoms with van der Waals surface area (Å²) in [6.45, 7) is 1.25. The van der Waals surface area contributed by atoms with Crippen LogP contribution < -0.4 is 20.1 Å². The number of ether oxygens (including phenoxy) is 2. The third-order valence-electron chi connectivity index (χ3n) is 6.49. The summed E-state index contributed by atoms with van der Waals surface area (Å²) in [6, 6.07) is 8.94. The molecule has 2 N–H and O–H groups in total. The van der Waals surface area contributed by atoms with Gasteiger partial charge in [-0.3, -0.25) is 4.79 Å². The quantitative estimate of drug-likeness (QED) is 0.473. The number of carbonyl (C=O) groups is 1. The molecule has 4 rings (SSSR count). The Bertz CT molecular complexity index is 1250. The molecule has 8 nitrogen and oxygen atoms in total. The van der Waals surface area contributed by atoms with Crippen LogP contribution in [0.1, 0.15) is 30.4 Å². The van der Waals surface area contributed by atoms with Gasteiger partial charge in [0.1, 0.15) is 11.3 Å². The molecule has 1 amide bonds. The fourth-order valence-electron chi connectivity index (χ4n) is 4.33. The van der Waals surface area contributed by atoms with E-state index in [1.165, 1.54) is 12.1 Å². The van der Waals surface area contributed by atoms with Gasteiger partial charge in [-0.05, 0) is 48.1 Å². The number of methoxy groups -OCH3 is 2. The van der Waals surface area contributed by atoms with E-state index in [2.05, 4.69) is 15.8 Å². The Morgan fingerprint density at radius 2 is 1.87 bits per heavy atom. The molecule has 1 fully saturated rings. The molecule has 0 bridgehead atoms. The van der Waals surface area contributed by atoms with Gasteiger partial charge in [-0.1, -0.05) is 22.8 Å². The zero-order valence-electron chi connectivity index (χ0n) is 20.7. The minimum atomic E-state index is -4.57. The van der Waals surface area contributed by atoms with Crippen LogP contribution in [0.25, 0.3) is 0 Å². The summed E-state index contributed by atoms with van der Waals surface area (Å²) in [5.41, 5.74) is -0.215. The number of nitrogens with one attached hydrogen (secondary N) is 2. The Morgan fingerprint density at radius 1 is 1.16 bits per heavy atom. The van der Waals surface area contributed by atoms with Gasteiger partial charge in [0.25, 0.3) is 5.91 Å². The zero-order valence-corrected chi connectivity index (χ0v) is 22.2. The van der Waals surface area contributed by atoms with Crippen molar-refractivity contribution in [2.24, 2.45) is 5.16 Å². The molecule has 1 saturated heterocycles. The maximum atomic E-state index is 13.2. The molecule has 2 heterocycles. The van der Waals surface area contributed by atoms with Crippen LogP contribution in [0.15, 0.2) is 41.6 Å². The third-order valence-corrected chi connectivity index (χ3v) is 7.18. The van der Waals surface area contributed by atoms with E-state index < -0.39 is 17.3 Å². The monoisotopic (exact) mass is 570 g/mol. The molecule has 0 aromatic heterocycles. The van der Waals surface area contributed by atoms with Gasteiger partial charge < -0.3 is 29.8 Å². The van der Waals surface area contributed by atoms with Gasteiger partial charge in [0.15, 0.2) is 16.6 Å². The predicted octanol–water partition coefficient (Wildman–Crippen LogP) is 5.00. The van der Waals surface area contributed by atoms with E-state index in [4.69, 9.17) is 38.1 Å². The number of amides is 1. The molecule has 0 unspecified atom stereocenters. The van der Waals surface area contributed by atoms with E-state index in [0.29, 0.717) is 54.7 Å². The molecule has 0 saturated carbocycles. The number of thiocarbonyl (C=S) groups is 1. The van der Waals surface area contributed by atoms with Crippen LogP contribution in [0.5, 0.6) is 11.5 Å². The lowest BCUT2D eigenvalue weighted by Crippen LogP contribution is -2.48. The van der Waals surface area contributed by atoms with Crippen LogP contribution in [0.2, 0.25) is 5.02 Å². The highest BCUT2D eigenvalue weighted by Crippen LogP contribution is 2.37. The molecule has 2 aliphatic heterocycles. The Balaban J connectivity index is 1.27. The highest BCUT2D eigenvalue weighted by molar-refractivity contribution is 7.80. The first-order valence-corrected chi connectivity index (χ1v) is 12.5. The minimum Gasteiger partial charge on any atom is -0.493 e. The smallest absolute Gasteiger partial charge is 0.417 e. The Kier molecular flexibility index (Phi) is 8.22. The lowest BCUT2D eigenvalue weighted by atomic mass is 9.87. The summed E-state index contributed by atoms with van der Waals surface area (Å²) < 4.78 is 50.0. The Morgan fingerprint density at radius 3 is 2.53 bits per heavy atom. The van der Waals surface area contributed by atoms with Gasteiger partial charge in [0, 0.05) is 44.6 Å². The van der Waals surface area contributed by atoms with Crippen LogP contribution >= 0.6 is 23.8 Å². The van der Waals surface area contributed by atoms with Crippen molar-refractivity contribution >= 4 is 46.2 Å².